The van der Waals surface area contributed by atoms with Crippen molar-refractivity contribution in [2.75, 3.05) is 18.0 Å². The highest BCUT2D eigenvalue weighted by Crippen LogP contribution is 2.36. The van der Waals surface area contributed by atoms with Gasteiger partial charge in [-0.05, 0) is 51.8 Å². The van der Waals surface area contributed by atoms with Gasteiger partial charge in [-0.25, -0.2) is 9.67 Å². The number of halogens is 2. The molecule has 0 unspecified atom stereocenters. The van der Waals surface area contributed by atoms with Crippen molar-refractivity contribution in [1.29, 1.82) is 0 Å². The molecule has 0 aliphatic carbocycles. The summed E-state index contributed by atoms with van der Waals surface area (Å²) in [7, 11) is 0. The molecule has 8 heteroatoms. The molecule has 0 saturated carbocycles. The molecule has 5 nitrogen and oxygen atoms in total. The minimum absolute atomic E-state index is 0.239. The molecule has 148 valence electrons. The topological polar surface area (TPSA) is 51.0 Å². The quantitative estimate of drug-likeness (QED) is 0.546. The number of hydrogen-bond acceptors (Lipinski definition) is 5. The van der Waals surface area contributed by atoms with Crippen LogP contribution in [-0.2, 0) is 5.54 Å². The number of hydrogen-bond donors (Lipinski definition) is 0. The molecule has 0 atom stereocenters. The summed E-state index contributed by atoms with van der Waals surface area (Å²) >= 11 is 14.2. The van der Waals surface area contributed by atoms with Gasteiger partial charge in [0.25, 0.3) is 5.56 Å². The van der Waals surface area contributed by atoms with Crippen LogP contribution in [0.15, 0.2) is 29.2 Å². The highest BCUT2D eigenvalue weighted by molar-refractivity contribution is 7.18. The maximum atomic E-state index is 12.6. The molecule has 1 fully saturated rings. The van der Waals surface area contributed by atoms with Crippen molar-refractivity contribution < 1.29 is 0 Å². The lowest BCUT2D eigenvalue weighted by Gasteiger charge is -2.33. The third-order valence-electron chi connectivity index (χ3n) is 5.09. The summed E-state index contributed by atoms with van der Waals surface area (Å²) in [6.45, 7) is 7.46. The number of nitrogens with zero attached hydrogens (tertiary/aromatic N) is 4. The predicted molar refractivity (Wildman–Crippen MR) is 117 cm³/mol. The summed E-state index contributed by atoms with van der Waals surface area (Å²) in [6, 6.07) is 5.86. The van der Waals surface area contributed by atoms with Gasteiger partial charge in [0.1, 0.15) is 5.02 Å². The lowest BCUT2D eigenvalue weighted by Crippen LogP contribution is -2.39. The van der Waals surface area contributed by atoms with Gasteiger partial charge in [0, 0.05) is 24.0 Å². The highest BCUT2D eigenvalue weighted by Gasteiger charge is 2.27. The van der Waals surface area contributed by atoms with E-state index in [0.29, 0.717) is 10.9 Å². The second kappa shape index (κ2) is 7.32. The third kappa shape index (κ3) is 3.65. The minimum atomic E-state index is -0.401. The molecule has 1 saturated heterocycles. The molecule has 1 aliphatic heterocycles. The summed E-state index contributed by atoms with van der Waals surface area (Å²) in [5, 5.41) is 6.47. The Bertz CT molecular complexity index is 1080. The first-order chi connectivity index (χ1) is 13.2. The third-order valence-corrected chi connectivity index (χ3v) is 6.88. The van der Waals surface area contributed by atoms with E-state index in [1.54, 1.807) is 17.5 Å². The summed E-state index contributed by atoms with van der Waals surface area (Å²) in [4.78, 5) is 19.6. The maximum Gasteiger partial charge on any atom is 0.288 e. The Morgan fingerprint density at radius 2 is 1.89 bits per heavy atom. The average Bonchev–Trinajstić information content (AvgIpc) is 3.06. The molecule has 1 aliphatic rings. The van der Waals surface area contributed by atoms with Gasteiger partial charge in [0.15, 0.2) is 0 Å². The van der Waals surface area contributed by atoms with Crippen molar-refractivity contribution >= 4 is 50.4 Å². The molecule has 28 heavy (non-hydrogen) atoms. The van der Waals surface area contributed by atoms with Crippen molar-refractivity contribution in [3.8, 4) is 0 Å². The molecule has 0 amide bonds. The summed E-state index contributed by atoms with van der Waals surface area (Å²) in [5.41, 5.74) is 1.05. The number of rotatable bonds is 2. The van der Waals surface area contributed by atoms with Crippen molar-refractivity contribution in [1.82, 2.24) is 14.8 Å². The van der Waals surface area contributed by atoms with Crippen molar-refractivity contribution in [3.63, 3.8) is 0 Å². The second-order valence-electron chi connectivity index (χ2n) is 8.16. The van der Waals surface area contributed by atoms with Crippen molar-refractivity contribution in [2.45, 2.75) is 45.1 Å². The molecule has 0 bridgehead atoms. The zero-order chi connectivity index (χ0) is 20.1. The molecule has 3 aromatic rings. The molecule has 0 N–H and O–H groups in total. The largest absolute Gasteiger partial charge is 0.369 e. The highest BCUT2D eigenvalue weighted by atomic mass is 35.5. The van der Waals surface area contributed by atoms with E-state index in [9.17, 15) is 4.79 Å². The summed E-state index contributed by atoms with van der Waals surface area (Å²) in [6.07, 6.45) is 3.65. The van der Waals surface area contributed by atoms with Gasteiger partial charge in [0.2, 0.25) is 0 Å². The standard InChI is InChI=1S/C20H22Cl2N4OS/c1-20(2,3)26-19(27)17(22)15(11-23-26)25-8-6-12(7-9-25)18-24-14-10-13(21)4-5-16(14)28-18/h4-5,10-12H,6-9H2,1-3H3. The van der Waals surface area contributed by atoms with Crippen molar-refractivity contribution in [2.24, 2.45) is 0 Å². The van der Waals surface area contributed by atoms with Crippen LogP contribution in [0.25, 0.3) is 10.2 Å². The van der Waals surface area contributed by atoms with E-state index in [1.165, 1.54) is 9.38 Å². The molecule has 4 rings (SSSR count). The Hall–Kier alpha value is -1.63. The molecule has 2 aromatic heterocycles. The van der Waals surface area contributed by atoms with E-state index in [1.807, 2.05) is 39.0 Å². The van der Waals surface area contributed by atoms with Crippen LogP contribution < -0.4 is 10.5 Å². The Morgan fingerprint density at radius 3 is 2.57 bits per heavy atom. The number of fused-ring (bicyclic) bond motifs is 1. The zero-order valence-corrected chi connectivity index (χ0v) is 18.4. The van der Waals surface area contributed by atoms with E-state index >= 15 is 0 Å². The van der Waals surface area contributed by atoms with E-state index in [4.69, 9.17) is 28.2 Å². The van der Waals surface area contributed by atoms with E-state index < -0.39 is 5.54 Å². The Kier molecular flexibility index (Phi) is 5.14. The first kappa shape index (κ1) is 19.7. The molecular weight excluding hydrogens is 415 g/mol. The maximum absolute atomic E-state index is 12.6. The summed E-state index contributed by atoms with van der Waals surface area (Å²) in [5.74, 6) is 0.411. The number of aromatic nitrogens is 3. The predicted octanol–water partition coefficient (Wildman–Crippen LogP) is 5.30. The molecule has 0 radical (unpaired) electrons. The number of benzene rings is 1. The number of thiazole rings is 1. The van der Waals surface area contributed by atoms with Crippen LogP contribution in [0.4, 0.5) is 5.69 Å². The van der Waals surface area contributed by atoms with Crippen molar-refractivity contribution in [3.05, 3.63) is 49.8 Å². The monoisotopic (exact) mass is 436 g/mol. The molecular formula is C20H22Cl2N4OS. The van der Waals surface area contributed by atoms with Crippen LogP contribution in [0, 0.1) is 0 Å². The van der Waals surface area contributed by atoms with Gasteiger partial charge >= 0.3 is 0 Å². The van der Waals surface area contributed by atoms with Crippen LogP contribution in [0.1, 0.15) is 44.5 Å². The zero-order valence-electron chi connectivity index (χ0n) is 16.1. The Balaban J connectivity index is 1.52. The van der Waals surface area contributed by atoms with Gasteiger partial charge < -0.3 is 4.90 Å². The molecule has 1 aromatic carbocycles. The van der Waals surface area contributed by atoms with Crippen LogP contribution in [0.3, 0.4) is 0 Å². The first-order valence-electron chi connectivity index (χ1n) is 9.33. The van der Waals surface area contributed by atoms with E-state index in [-0.39, 0.29) is 10.6 Å². The first-order valence-corrected chi connectivity index (χ1v) is 10.9. The van der Waals surface area contributed by atoms with Gasteiger partial charge in [-0.1, -0.05) is 23.2 Å². The smallest absolute Gasteiger partial charge is 0.288 e. The number of piperidine rings is 1. The minimum Gasteiger partial charge on any atom is -0.369 e. The van der Waals surface area contributed by atoms with Gasteiger partial charge in [-0.15, -0.1) is 11.3 Å². The van der Waals surface area contributed by atoms with Crippen LogP contribution in [0.2, 0.25) is 10.0 Å². The lowest BCUT2D eigenvalue weighted by atomic mass is 9.97. The van der Waals surface area contributed by atoms with Gasteiger partial charge in [-0.3, -0.25) is 4.79 Å². The number of anilines is 1. The van der Waals surface area contributed by atoms with Crippen LogP contribution in [0.5, 0.6) is 0 Å². The summed E-state index contributed by atoms with van der Waals surface area (Å²) < 4.78 is 2.61. The van der Waals surface area contributed by atoms with E-state index in [2.05, 4.69) is 10.00 Å². The second-order valence-corrected chi connectivity index (χ2v) is 10.0. The van der Waals surface area contributed by atoms with Gasteiger partial charge in [-0.2, -0.15) is 5.10 Å². The van der Waals surface area contributed by atoms with Crippen LogP contribution >= 0.6 is 34.5 Å². The fraction of sp³-hybridized carbons (Fsp3) is 0.450. The van der Waals surface area contributed by atoms with E-state index in [0.717, 1.165) is 42.1 Å². The molecule has 0 spiro atoms. The normalized spacial score (nSPS) is 16.1. The Labute approximate surface area is 177 Å². The molecule has 3 heterocycles. The average molecular weight is 437 g/mol. The fourth-order valence-corrected chi connectivity index (χ4v) is 5.11. The SMILES string of the molecule is CC(C)(C)n1ncc(N2CCC(c3nc4cc(Cl)ccc4s3)CC2)c(Cl)c1=O. The Morgan fingerprint density at radius 1 is 1.18 bits per heavy atom. The van der Waals surface area contributed by atoms with Crippen LogP contribution in [-0.4, -0.2) is 27.9 Å². The van der Waals surface area contributed by atoms with Gasteiger partial charge in [0.05, 0.1) is 32.6 Å². The lowest BCUT2D eigenvalue weighted by molar-refractivity contribution is 0.337. The fourth-order valence-electron chi connectivity index (χ4n) is 3.58.